The maximum Gasteiger partial charge on any atom is 0.163 e. The fraction of sp³-hybridized carbons (Fsp3) is 0.286. The minimum atomic E-state index is 0.435. The number of benzene rings is 1. The first-order valence-electron chi connectivity index (χ1n) is 6.15. The van der Waals surface area contributed by atoms with E-state index in [4.69, 9.17) is 17.3 Å². The van der Waals surface area contributed by atoms with Crippen LogP contribution in [0, 0.1) is 5.92 Å². The standard InChI is InChI=1S/C14H14Br2ClN3/c1-7(2)5-11-12(16)13(18)20-14(19-11)9-4-3-8(15)6-10(9)17/h3-4,6-7H,5H2,1-2H3,(H2,18,19,20). The zero-order valence-corrected chi connectivity index (χ0v) is 15.1. The molecular weight excluding hydrogens is 405 g/mol. The van der Waals surface area contributed by atoms with Crippen LogP contribution in [0.5, 0.6) is 0 Å². The van der Waals surface area contributed by atoms with Crippen LogP contribution in [0.15, 0.2) is 27.1 Å². The van der Waals surface area contributed by atoms with Crippen LogP contribution >= 0.6 is 43.5 Å². The van der Waals surface area contributed by atoms with E-state index in [1.807, 2.05) is 18.2 Å². The molecule has 0 aliphatic rings. The Morgan fingerprint density at radius 3 is 2.55 bits per heavy atom. The second-order valence-corrected chi connectivity index (χ2v) is 7.03. The average Bonchev–Trinajstić information content (AvgIpc) is 2.34. The lowest BCUT2D eigenvalue weighted by molar-refractivity contribution is 0.633. The molecule has 106 valence electrons. The Morgan fingerprint density at radius 2 is 1.95 bits per heavy atom. The van der Waals surface area contributed by atoms with Crippen LogP contribution in [0.4, 0.5) is 5.82 Å². The van der Waals surface area contributed by atoms with Crippen LogP contribution in [-0.4, -0.2) is 9.97 Å². The van der Waals surface area contributed by atoms with Crippen molar-refractivity contribution >= 4 is 49.3 Å². The molecule has 1 aromatic carbocycles. The average molecular weight is 420 g/mol. The van der Waals surface area contributed by atoms with E-state index in [-0.39, 0.29) is 0 Å². The van der Waals surface area contributed by atoms with Crippen LogP contribution in [0.1, 0.15) is 19.5 Å². The highest BCUT2D eigenvalue weighted by Gasteiger charge is 2.14. The van der Waals surface area contributed by atoms with Gasteiger partial charge in [-0.05, 0) is 46.5 Å². The molecule has 3 nitrogen and oxygen atoms in total. The van der Waals surface area contributed by atoms with Crippen molar-refractivity contribution in [3.63, 3.8) is 0 Å². The van der Waals surface area contributed by atoms with Crippen molar-refractivity contribution in [2.75, 3.05) is 5.73 Å². The van der Waals surface area contributed by atoms with Crippen molar-refractivity contribution in [1.29, 1.82) is 0 Å². The summed E-state index contributed by atoms with van der Waals surface area (Å²) in [5, 5.41) is 0.594. The molecule has 2 rings (SSSR count). The molecule has 0 fully saturated rings. The summed E-state index contributed by atoms with van der Waals surface area (Å²) >= 11 is 13.1. The highest BCUT2D eigenvalue weighted by atomic mass is 79.9. The maximum atomic E-state index is 6.25. The van der Waals surface area contributed by atoms with Crippen LogP contribution in [0.2, 0.25) is 5.02 Å². The normalized spacial score (nSPS) is 11.1. The van der Waals surface area contributed by atoms with Gasteiger partial charge in [-0.15, -0.1) is 0 Å². The van der Waals surface area contributed by atoms with Gasteiger partial charge < -0.3 is 5.73 Å². The first-order chi connectivity index (χ1) is 9.38. The van der Waals surface area contributed by atoms with Gasteiger partial charge in [0.25, 0.3) is 0 Å². The van der Waals surface area contributed by atoms with Gasteiger partial charge in [0.05, 0.1) is 15.2 Å². The summed E-state index contributed by atoms with van der Waals surface area (Å²) in [6.45, 7) is 4.27. The van der Waals surface area contributed by atoms with Gasteiger partial charge >= 0.3 is 0 Å². The van der Waals surface area contributed by atoms with Crippen molar-refractivity contribution in [2.45, 2.75) is 20.3 Å². The smallest absolute Gasteiger partial charge is 0.163 e. The fourth-order valence-corrected chi connectivity index (χ4v) is 2.92. The minimum Gasteiger partial charge on any atom is -0.383 e. The molecule has 0 bridgehead atoms. The third-order valence-corrected chi connectivity index (χ3v) is 4.39. The van der Waals surface area contributed by atoms with E-state index in [2.05, 4.69) is 55.7 Å². The Labute approximate surface area is 140 Å². The molecule has 0 aliphatic carbocycles. The number of nitrogen functional groups attached to an aromatic ring is 1. The molecule has 1 aromatic heterocycles. The minimum absolute atomic E-state index is 0.435. The number of rotatable bonds is 3. The fourth-order valence-electron chi connectivity index (χ4n) is 1.83. The van der Waals surface area contributed by atoms with Gasteiger partial charge in [0.2, 0.25) is 0 Å². The molecule has 0 saturated carbocycles. The number of hydrogen-bond donors (Lipinski definition) is 1. The second-order valence-electron chi connectivity index (χ2n) is 4.92. The molecule has 0 unspecified atom stereocenters. The van der Waals surface area contributed by atoms with Crippen molar-refractivity contribution in [1.82, 2.24) is 9.97 Å². The largest absolute Gasteiger partial charge is 0.383 e. The van der Waals surface area contributed by atoms with E-state index in [1.165, 1.54) is 0 Å². The van der Waals surface area contributed by atoms with Gasteiger partial charge in [-0.25, -0.2) is 9.97 Å². The third-order valence-electron chi connectivity index (χ3n) is 2.72. The van der Waals surface area contributed by atoms with Crippen LogP contribution in [-0.2, 0) is 6.42 Å². The number of nitrogens with zero attached hydrogens (tertiary/aromatic N) is 2. The molecule has 2 N–H and O–H groups in total. The number of nitrogens with two attached hydrogens (primary N) is 1. The Kier molecular flexibility index (Phi) is 5.04. The molecule has 20 heavy (non-hydrogen) atoms. The van der Waals surface area contributed by atoms with Gasteiger partial charge in [-0.1, -0.05) is 41.4 Å². The number of anilines is 1. The highest BCUT2D eigenvalue weighted by molar-refractivity contribution is 9.11. The van der Waals surface area contributed by atoms with Gasteiger partial charge in [0.1, 0.15) is 5.82 Å². The lowest BCUT2D eigenvalue weighted by atomic mass is 10.1. The zero-order valence-electron chi connectivity index (χ0n) is 11.1. The summed E-state index contributed by atoms with van der Waals surface area (Å²) in [5.74, 6) is 1.47. The predicted octanol–water partition coefficient (Wildman–Crippen LogP) is 5.10. The van der Waals surface area contributed by atoms with E-state index in [0.717, 1.165) is 26.6 Å². The summed E-state index contributed by atoms with van der Waals surface area (Å²) in [4.78, 5) is 8.92. The summed E-state index contributed by atoms with van der Waals surface area (Å²) in [7, 11) is 0. The van der Waals surface area contributed by atoms with Gasteiger partial charge in [0.15, 0.2) is 5.82 Å². The Balaban J connectivity index is 2.54. The van der Waals surface area contributed by atoms with Crippen molar-refractivity contribution < 1.29 is 0 Å². The van der Waals surface area contributed by atoms with Gasteiger partial charge in [0, 0.05) is 10.0 Å². The van der Waals surface area contributed by atoms with E-state index in [1.54, 1.807) is 0 Å². The molecule has 2 aromatic rings. The van der Waals surface area contributed by atoms with Crippen molar-refractivity contribution in [3.8, 4) is 11.4 Å². The monoisotopic (exact) mass is 417 g/mol. The summed E-state index contributed by atoms with van der Waals surface area (Å²) < 4.78 is 1.68. The van der Waals surface area contributed by atoms with E-state index >= 15 is 0 Å². The number of halogens is 3. The molecule has 1 heterocycles. The molecule has 0 saturated heterocycles. The SMILES string of the molecule is CC(C)Cc1nc(-c2ccc(Br)cc2Cl)nc(N)c1Br. The molecule has 0 radical (unpaired) electrons. The number of hydrogen-bond acceptors (Lipinski definition) is 3. The zero-order chi connectivity index (χ0) is 14.9. The first kappa shape index (κ1) is 15.7. The third kappa shape index (κ3) is 3.51. The Hall–Kier alpha value is -0.650. The van der Waals surface area contributed by atoms with E-state index in [9.17, 15) is 0 Å². The summed E-state index contributed by atoms with van der Waals surface area (Å²) in [6.07, 6.45) is 0.828. The molecule has 0 amide bonds. The van der Waals surface area contributed by atoms with Crippen molar-refractivity contribution in [3.05, 3.63) is 37.9 Å². The number of aromatic nitrogens is 2. The van der Waals surface area contributed by atoms with E-state index in [0.29, 0.717) is 22.6 Å². The van der Waals surface area contributed by atoms with Crippen LogP contribution in [0.3, 0.4) is 0 Å². The lowest BCUT2D eigenvalue weighted by Crippen LogP contribution is -2.05. The van der Waals surface area contributed by atoms with Gasteiger partial charge in [-0.2, -0.15) is 0 Å². The topological polar surface area (TPSA) is 51.8 Å². The molecule has 0 aliphatic heterocycles. The maximum absolute atomic E-state index is 6.25. The van der Waals surface area contributed by atoms with Gasteiger partial charge in [-0.3, -0.25) is 0 Å². The summed E-state index contributed by atoms with van der Waals surface area (Å²) in [5.41, 5.74) is 7.65. The Bertz CT molecular complexity index is 645. The van der Waals surface area contributed by atoms with Crippen molar-refractivity contribution in [2.24, 2.45) is 5.92 Å². The first-order valence-corrected chi connectivity index (χ1v) is 8.12. The molecule has 0 spiro atoms. The van der Waals surface area contributed by atoms with Crippen LogP contribution < -0.4 is 5.73 Å². The summed E-state index contributed by atoms with van der Waals surface area (Å²) in [6, 6.07) is 5.61. The predicted molar refractivity (Wildman–Crippen MR) is 90.8 cm³/mol. The van der Waals surface area contributed by atoms with Crippen LogP contribution in [0.25, 0.3) is 11.4 Å². The Morgan fingerprint density at radius 1 is 1.25 bits per heavy atom. The second kappa shape index (κ2) is 6.41. The van der Waals surface area contributed by atoms with E-state index < -0.39 is 0 Å². The quantitative estimate of drug-likeness (QED) is 0.753. The molecule has 6 heteroatoms. The lowest BCUT2D eigenvalue weighted by Gasteiger charge is -2.11. The molecular formula is C14H14Br2ClN3. The highest BCUT2D eigenvalue weighted by Crippen LogP contribution is 2.31. The molecule has 0 atom stereocenters.